The van der Waals surface area contributed by atoms with Crippen LogP contribution in [0.4, 0.5) is 0 Å². The zero-order valence-corrected chi connectivity index (χ0v) is 8.96. The van der Waals surface area contributed by atoms with Crippen LogP contribution in [0, 0.1) is 12.1 Å². The quantitative estimate of drug-likeness (QED) is 0.568. The van der Waals surface area contributed by atoms with Crippen molar-refractivity contribution in [3.8, 4) is 0 Å². The second-order valence-corrected chi connectivity index (χ2v) is 3.94. The van der Waals surface area contributed by atoms with Gasteiger partial charge in [-0.1, -0.05) is 0 Å². The van der Waals surface area contributed by atoms with Crippen LogP contribution in [0.5, 0.6) is 0 Å². The standard InChI is InChI=1S/C9H7BrN2O2/c1-5-2-6(10)9-7(3-5)12(14)4-8(13)11-9/h2-4H,1H3,(H,11,13). The minimum atomic E-state index is -0.406. The van der Waals surface area contributed by atoms with Crippen molar-refractivity contribution in [2.45, 2.75) is 6.92 Å². The molecule has 0 aliphatic carbocycles. The second kappa shape index (κ2) is 3.09. The number of aryl methyl sites for hydroxylation is 1. The van der Waals surface area contributed by atoms with Gasteiger partial charge in [0.15, 0.2) is 0 Å². The number of nitrogens with one attached hydrogen (secondary N) is 1. The van der Waals surface area contributed by atoms with Crippen LogP contribution in [0.3, 0.4) is 0 Å². The lowest BCUT2D eigenvalue weighted by atomic mass is 10.2. The van der Waals surface area contributed by atoms with E-state index in [0.29, 0.717) is 15.8 Å². The van der Waals surface area contributed by atoms with E-state index < -0.39 is 5.56 Å². The summed E-state index contributed by atoms with van der Waals surface area (Å²) >= 11 is 3.29. The highest BCUT2D eigenvalue weighted by Crippen LogP contribution is 2.20. The topological polar surface area (TPSA) is 59.8 Å². The Morgan fingerprint density at radius 1 is 1.50 bits per heavy atom. The number of hydrogen-bond donors (Lipinski definition) is 1. The van der Waals surface area contributed by atoms with Crippen molar-refractivity contribution in [2.24, 2.45) is 0 Å². The summed E-state index contributed by atoms with van der Waals surface area (Å²) in [7, 11) is 0. The zero-order chi connectivity index (χ0) is 10.3. The number of H-pyrrole nitrogens is 1. The maximum absolute atomic E-state index is 11.4. The summed E-state index contributed by atoms with van der Waals surface area (Å²) in [4.78, 5) is 13.6. The van der Waals surface area contributed by atoms with Gasteiger partial charge in [0.05, 0.1) is 0 Å². The number of rotatable bonds is 0. The number of aromatic nitrogens is 2. The van der Waals surface area contributed by atoms with E-state index >= 15 is 0 Å². The lowest BCUT2D eigenvalue weighted by Gasteiger charge is -2.03. The molecule has 0 atom stereocenters. The van der Waals surface area contributed by atoms with Gasteiger partial charge in [0, 0.05) is 10.5 Å². The molecule has 0 unspecified atom stereocenters. The predicted molar refractivity (Wildman–Crippen MR) is 56.0 cm³/mol. The van der Waals surface area contributed by atoms with Crippen molar-refractivity contribution in [3.05, 3.63) is 43.9 Å². The third-order valence-corrected chi connectivity index (χ3v) is 2.56. The Morgan fingerprint density at radius 3 is 2.93 bits per heavy atom. The number of halogens is 1. The van der Waals surface area contributed by atoms with Gasteiger partial charge in [0.1, 0.15) is 5.52 Å². The number of nitrogens with zero attached hydrogens (tertiary/aromatic N) is 1. The molecule has 0 saturated heterocycles. The number of hydrogen-bond acceptors (Lipinski definition) is 2. The van der Waals surface area contributed by atoms with Gasteiger partial charge in [-0.05, 0) is 34.5 Å². The minimum Gasteiger partial charge on any atom is -0.618 e. The average molecular weight is 255 g/mol. The van der Waals surface area contributed by atoms with Crippen LogP contribution in [0.15, 0.2) is 27.6 Å². The average Bonchev–Trinajstić information content (AvgIpc) is 2.07. The molecule has 0 radical (unpaired) electrons. The molecule has 0 saturated carbocycles. The Kier molecular flexibility index (Phi) is 2.03. The molecule has 1 N–H and O–H groups in total. The largest absolute Gasteiger partial charge is 0.618 e. The molecule has 1 aromatic heterocycles. The van der Waals surface area contributed by atoms with Crippen LogP contribution >= 0.6 is 15.9 Å². The van der Waals surface area contributed by atoms with Crippen molar-refractivity contribution in [1.82, 2.24) is 4.98 Å². The highest BCUT2D eigenvalue weighted by atomic mass is 79.9. The van der Waals surface area contributed by atoms with Gasteiger partial charge in [0.25, 0.3) is 0 Å². The molecule has 0 spiro atoms. The molecule has 0 aliphatic heterocycles. The van der Waals surface area contributed by atoms with Gasteiger partial charge in [-0.15, -0.1) is 0 Å². The van der Waals surface area contributed by atoms with Gasteiger partial charge in [-0.2, -0.15) is 4.73 Å². The lowest BCUT2D eigenvalue weighted by molar-refractivity contribution is -0.578. The third-order valence-electron chi connectivity index (χ3n) is 1.93. The highest BCUT2D eigenvalue weighted by Gasteiger charge is 2.09. The maximum atomic E-state index is 11.4. The van der Waals surface area contributed by atoms with E-state index in [0.717, 1.165) is 16.2 Å². The van der Waals surface area contributed by atoms with Crippen molar-refractivity contribution in [1.29, 1.82) is 0 Å². The highest BCUT2D eigenvalue weighted by molar-refractivity contribution is 9.10. The Hall–Kier alpha value is -1.36. The first-order chi connectivity index (χ1) is 6.58. The van der Waals surface area contributed by atoms with Gasteiger partial charge in [0.2, 0.25) is 11.7 Å². The van der Waals surface area contributed by atoms with Crippen LogP contribution in [0.25, 0.3) is 11.0 Å². The van der Waals surface area contributed by atoms with E-state index in [-0.39, 0.29) is 0 Å². The molecule has 72 valence electrons. The van der Waals surface area contributed by atoms with E-state index in [1.807, 2.05) is 13.0 Å². The summed E-state index contributed by atoms with van der Waals surface area (Å²) in [5.74, 6) is 0. The van der Waals surface area contributed by atoms with Crippen molar-refractivity contribution in [2.75, 3.05) is 0 Å². The lowest BCUT2D eigenvalue weighted by Crippen LogP contribution is -2.32. The maximum Gasteiger partial charge on any atom is 0.314 e. The first kappa shape index (κ1) is 9.21. The first-order valence-corrected chi connectivity index (χ1v) is 4.79. The van der Waals surface area contributed by atoms with Gasteiger partial charge >= 0.3 is 5.56 Å². The van der Waals surface area contributed by atoms with E-state index in [1.165, 1.54) is 0 Å². The Labute approximate surface area is 87.9 Å². The summed E-state index contributed by atoms with van der Waals surface area (Å²) < 4.78 is 1.29. The summed E-state index contributed by atoms with van der Waals surface area (Å²) in [6.07, 6.45) is 0.980. The predicted octanol–water partition coefficient (Wildman–Crippen LogP) is 1.23. The van der Waals surface area contributed by atoms with E-state index in [9.17, 15) is 10.0 Å². The van der Waals surface area contributed by atoms with Gasteiger partial charge < -0.3 is 10.2 Å². The van der Waals surface area contributed by atoms with E-state index in [2.05, 4.69) is 20.9 Å². The molecule has 0 bridgehead atoms. The summed E-state index contributed by atoms with van der Waals surface area (Å²) in [5.41, 5.74) is 1.53. The van der Waals surface area contributed by atoms with Gasteiger partial charge in [-0.3, -0.25) is 4.79 Å². The van der Waals surface area contributed by atoms with Crippen LogP contribution < -0.4 is 10.3 Å². The molecule has 0 amide bonds. The smallest absolute Gasteiger partial charge is 0.314 e. The third kappa shape index (κ3) is 1.39. The van der Waals surface area contributed by atoms with Crippen molar-refractivity contribution < 1.29 is 4.73 Å². The Balaban J connectivity index is 3.01. The van der Waals surface area contributed by atoms with Crippen LogP contribution in [-0.2, 0) is 0 Å². The SMILES string of the molecule is Cc1cc(Br)c2[nH]c(=O)c[n+]([O-])c2c1. The van der Waals surface area contributed by atoms with E-state index in [4.69, 9.17) is 0 Å². The summed E-state index contributed by atoms with van der Waals surface area (Å²) in [5, 5.41) is 11.4. The monoisotopic (exact) mass is 254 g/mol. The zero-order valence-electron chi connectivity index (χ0n) is 7.37. The van der Waals surface area contributed by atoms with Crippen molar-refractivity contribution >= 4 is 27.0 Å². The summed E-state index contributed by atoms with van der Waals surface area (Å²) in [6, 6.07) is 3.57. The molecule has 14 heavy (non-hydrogen) atoms. The Morgan fingerprint density at radius 2 is 2.21 bits per heavy atom. The molecule has 0 aliphatic rings. The van der Waals surface area contributed by atoms with Gasteiger partial charge in [-0.25, -0.2) is 0 Å². The fraction of sp³-hybridized carbons (Fsp3) is 0.111. The minimum absolute atomic E-state index is 0.406. The van der Waals surface area contributed by atoms with Crippen molar-refractivity contribution in [3.63, 3.8) is 0 Å². The molecule has 4 nitrogen and oxygen atoms in total. The first-order valence-electron chi connectivity index (χ1n) is 4.00. The normalized spacial score (nSPS) is 10.7. The molecule has 2 aromatic rings. The number of aromatic amines is 1. The summed E-state index contributed by atoms with van der Waals surface area (Å²) in [6.45, 7) is 1.88. The molecule has 2 rings (SSSR count). The van der Waals surface area contributed by atoms with E-state index in [1.54, 1.807) is 6.07 Å². The Bertz CT molecular complexity index is 562. The molecule has 5 heteroatoms. The number of fused-ring (bicyclic) bond motifs is 1. The fourth-order valence-corrected chi connectivity index (χ4v) is 2.02. The molecule has 1 heterocycles. The molecule has 1 aromatic carbocycles. The molecular formula is C9H7BrN2O2. The number of benzene rings is 1. The van der Waals surface area contributed by atoms with Crippen LogP contribution in [-0.4, -0.2) is 4.98 Å². The molecule has 0 fully saturated rings. The van der Waals surface area contributed by atoms with Crippen LogP contribution in [0.2, 0.25) is 0 Å². The van der Waals surface area contributed by atoms with Crippen LogP contribution in [0.1, 0.15) is 5.56 Å². The fourth-order valence-electron chi connectivity index (χ4n) is 1.35. The second-order valence-electron chi connectivity index (χ2n) is 3.09. The molecular weight excluding hydrogens is 248 g/mol.